The molecule has 0 atom stereocenters. The topological polar surface area (TPSA) is 83.6 Å². The second-order valence-corrected chi connectivity index (χ2v) is 8.43. The summed E-state index contributed by atoms with van der Waals surface area (Å²) in [5.41, 5.74) is 2.80. The van der Waals surface area contributed by atoms with Gasteiger partial charge < -0.3 is 5.32 Å². The molecule has 0 saturated carbocycles. The van der Waals surface area contributed by atoms with Gasteiger partial charge in [0.1, 0.15) is 0 Å². The van der Waals surface area contributed by atoms with Gasteiger partial charge in [-0.25, -0.2) is 9.59 Å². The number of imide groups is 2. The summed E-state index contributed by atoms with van der Waals surface area (Å²) >= 11 is 0. The fourth-order valence-corrected chi connectivity index (χ4v) is 4.62. The minimum atomic E-state index is -0.269. The molecular weight excluding hydrogens is 406 g/mol. The van der Waals surface area contributed by atoms with E-state index in [1.807, 2.05) is 13.0 Å². The van der Waals surface area contributed by atoms with Gasteiger partial charge in [-0.1, -0.05) is 18.6 Å². The number of amides is 4. The summed E-state index contributed by atoms with van der Waals surface area (Å²) in [6.07, 6.45) is 3.64. The smallest absolute Gasteiger partial charge is 0.354 e. The highest BCUT2D eigenvalue weighted by atomic mass is 16.2. The minimum Gasteiger partial charge on any atom is -0.385 e. The van der Waals surface area contributed by atoms with Crippen molar-refractivity contribution >= 4 is 29.3 Å². The molecule has 0 radical (unpaired) electrons. The predicted molar refractivity (Wildman–Crippen MR) is 121 cm³/mol. The Bertz CT molecular complexity index is 1070. The molecule has 0 saturated heterocycles. The monoisotopic (exact) mass is 434 g/mol. The van der Waals surface area contributed by atoms with Crippen molar-refractivity contribution in [2.45, 2.75) is 32.6 Å². The van der Waals surface area contributed by atoms with E-state index in [4.69, 9.17) is 0 Å². The molecule has 1 N–H and O–H groups in total. The zero-order valence-electron chi connectivity index (χ0n) is 18.5. The Balaban J connectivity index is 1.23. The molecule has 32 heavy (non-hydrogen) atoms. The molecule has 166 valence electrons. The van der Waals surface area contributed by atoms with Crippen molar-refractivity contribution in [3.8, 4) is 0 Å². The van der Waals surface area contributed by atoms with E-state index in [0.717, 1.165) is 42.8 Å². The highest BCUT2D eigenvalue weighted by Gasteiger charge is 2.51. The number of unbranched alkanes of at least 4 members (excludes halogenated alkanes) is 3. The maximum absolute atomic E-state index is 12.9. The average molecular weight is 435 g/mol. The lowest BCUT2D eigenvalue weighted by atomic mass is 10.1. The molecule has 2 aromatic carbocycles. The van der Waals surface area contributed by atoms with E-state index in [9.17, 15) is 19.2 Å². The number of carbonyl (C=O) groups is 4. The van der Waals surface area contributed by atoms with Crippen LogP contribution >= 0.6 is 0 Å². The SMILES string of the molecule is CC[N+]1(CCCCCCNc2ccc3c(c2)C(=O)N(C)C3=O)C(=O)c2ccccc2C1=O. The van der Waals surface area contributed by atoms with Crippen molar-refractivity contribution in [1.82, 2.24) is 4.90 Å². The van der Waals surface area contributed by atoms with Crippen LogP contribution in [-0.2, 0) is 0 Å². The first kappa shape index (κ1) is 21.9. The van der Waals surface area contributed by atoms with E-state index < -0.39 is 0 Å². The molecule has 0 aromatic heterocycles. The van der Waals surface area contributed by atoms with Crippen LogP contribution in [0.3, 0.4) is 0 Å². The van der Waals surface area contributed by atoms with Crippen LogP contribution in [0.2, 0.25) is 0 Å². The largest absolute Gasteiger partial charge is 0.385 e. The zero-order valence-corrected chi connectivity index (χ0v) is 18.5. The molecule has 2 aliphatic heterocycles. The van der Waals surface area contributed by atoms with Gasteiger partial charge in [-0.15, -0.1) is 0 Å². The predicted octanol–water partition coefficient (Wildman–Crippen LogP) is 3.72. The third-order valence-electron chi connectivity index (χ3n) is 6.59. The molecule has 4 amide bonds. The Morgan fingerprint density at radius 2 is 1.41 bits per heavy atom. The van der Waals surface area contributed by atoms with Crippen molar-refractivity contribution in [2.75, 3.05) is 32.0 Å². The lowest BCUT2D eigenvalue weighted by Gasteiger charge is -2.27. The number of nitrogens with zero attached hydrogens (tertiary/aromatic N) is 2. The molecule has 0 fully saturated rings. The normalized spacial score (nSPS) is 16.5. The van der Waals surface area contributed by atoms with Crippen molar-refractivity contribution < 1.29 is 23.7 Å². The van der Waals surface area contributed by atoms with Crippen LogP contribution in [0.1, 0.15) is 74.0 Å². The number of benzene rings is 2. The first-order valence-corrected chi connectivity index (χ1v) is 11.2. The number of anilines is 1. The van der Waals surface area contributed by atoms with Crippen LogP contribution in [0.4, 0.5) is 5.69 Å². The van der Waals surface area contributed by atoms with Crippen LogP contribution in [0.5, 0.6) is 0 Å². The molecule has 7 heteroatoms. The van der Waals surface area contributed by atoms with Crippen LogP contribution in [0.25, 0.3) is 0 Å². The summed E-state index contributed by atoms with van der Waals surface area (Å²) in [5.74, 6) is -0.688. The van der Waals surface area contributed by atoms with Gasteiger partial charge in [0, 0.05) is 19.3 Å². The molecular formula is C25H28N3O4+. The van der Waals surface area contributed by atoms with Crippen molar-refractivity contribution in [3.63, 3.8) is 0 Å². The van der Waals surface area contributed by atoms with Crippen molar-refractivity contribution in [2.24, 2.45) is 0 Å². The third-order valence-corrected chi connectivity index (χ3v) is 6.59. The summed E-state index contributed by atoms with van der Waals surface area (Å²) < 4.78 is -0.103. The number of carbonyl (C=O) groups excluding carboxylic acids is 4. The van der Waals surface area contributed by atoms with E-state index >= 15 is 0 Å². The Morgan fingerprint density at radius 3 is 2.06 bits per heavy atom. The van der Waals surface area contributed by atoms with Crippen LogP contribution in [0.15, 0.2) is 42.5 Å². The zero-order chi connectivity index (χ0) is 22.9. The van der Waals surface area contributed by atoms with Gasteiger partial charge in [0.25, 0.3) is 11.8 Å². The molecule has 2 heterocycles. The quantitative estimate of drug-likeness (QED) is 0.370. The molecule has 2 aromatic rings. The molecule has 0 spiro atoms. The number of fused-ring (bicyclic) bond motifs is 2. The number of rotatable bonds is 9. The van der Waals surface area contributed by atoms with Crippen LogP contribution in [-0.4, -0.2) is 59.7 Å². The first-order chi connectivity index (χ1) is 15.4. The second-order valence-electron chi connectivity index (χ2n) is 8.43. The second kappa shape index (κ2) is 8.67. The molecule has 4 rings (SSSR count). The Hall–Kier alpha value is -3.32. The van der Waals surface area contributed by atoms with Gasteiger partial charge in [-0.2, -0.15) is 4.48 Å². The lowest BCUT2D eigenvalue weighted by Crippen LogP contribution is -2.53. The number of hydrogen-bond acceptors (Lipinski definition) is 5. The highest BCUT2D eigenvalue weighted by Crippen LogP contribution is 2.30. The summed E-state index contributed by atoms with van der Waals surface area (Å²) in [5, 5.41) is 3.31. The van der Waals surface area contributed by atoms with E-state index in [1.54, 1.807) is 36.4 Å². The molecule has 2 aliphatic rings. The maximum atomic E-state index is 12.9. The Kier molecular flexibility index (Phi) is 5.93. The summed E-state index contributed by atoms with van der Waals surface area (Å²) in [4.78, 5) is 51.1. The number of nitrogens with one attached hydrogen (secondary N) is 1. The maximum Gasteiger partial charge on any atom is 0.354 e. The van der Waals surface area contributed by atoms with Gasteiger partial charge >= 0.3 is 11.8 Å². The minimum absolute atomic E-state index is 0.0787. The lowest BCUT2D eigenvalue weighted by molar-refractivity contribution is -0.761. The average Bonchev–Trinajstić information content (AvgIpc) is 3.16. The molecule has 0 bridgehead atoms. The van der Waals surface area contributed by atoms with Gasteiger partial charge in [-0.05, 0) is 56.5 Å². The van der Waals surface area contributed by atoms with E-state index in [0.29, 0.717) is 35.3 Å². The molecule has 0 aliphatic carbocycles. The highest BCUT2D eigenvalue weighted by molar-refractivity contribution is 6.21. The van der Waals surface area contributed by atoms with Crippen molar-refractivity contribution in [3.05, 3.63) is 64.7 Å². The van der Waals surface area contributed by atoms with E-state index in [1.165, 1.54) is 7.05 Å². The van der Waals surface area contributed by atoms with E-state index in [-0.39, 0.29) is 28.1 Å². The van der Waals surface area contributed by atoms with Gasteiger partial charge in [0.05, 0.1) is 35.3 Å². The summed E-state index contributed by atoms with van der Waals surface area (Å²) in [6, 6.07) is 12.3. The standard InChI is InChI=1S/C25H27N3O4/c1-3-28(24(31)19-10-6-7-11-20(19)25(28)32)15-9-5-4-8-14-26-17-12-13-18-21(16-17)23(30)27(2)22(18)29/h6-7,10-13,16H,3-5,8-9,14-15H2,1-2H3/p+1. The molecule has 0 unspecified atom stereocenters. The van der Waals surface area contributed by atoms with E-state index in [2.05, 4.69) is 5.32 Å². The summed E-state index contributed by atoms with van der Waals surface area (Å²) in [7, 11) is 1.49. The fourth-order valence-electron chi connectivity index (χ4n) is 4.62. The summed E-state index contributed by atoms with van der Waals surface area (Å²) in [6.45, 7) is 3.65. The van der Waals surface area contributed by atoms with Crippen molar-refractivity contribution in [1.29, 1.82) is 0 Å². The first-order valence-electron chi connectivity index (χ1n) is 11.2. The Morgan fingerprint density at radius 1 is 0.781 bits per heavy atom. The Labute approximate surface area is 187 Å². The van der Waals surface area contributed by atoms with Gasteiger partial charge in [0.2, 0.25) is 0 Å². The number of quaternary nitrogens is 1. The third kappa shape index (κ3) is 3.52. The van der Waals surface area contributed by atoms with Crippen LogP contribution < -0.4 is 5.32 Å². The fraction of sp³-hybridized carbons (Fsp3) is 0.360. The number of hydrogen-bond donors (Lipinski definition) is 1. The van der Waals surface area contributed by atoms with Gasteiger partial charge in [-0.3, -0.25) is 14.5 Å². The molecule has 7 nitrogen and oxygen atoms in total. The van der Waals surface area contributed by atoms with Gasteiger partial charge in [0.15, 0.2) is 0 Å². The van der Waals surface area contributed by atoms with Crippen LogP contribution in [0, 0.1) is 0 Å².